The normalized spacial score (nSPS) is 16.7. The molecule has 2 rings (SSSR count). The monoisotopic (exact) mass is 250 g/mol. The molecular weight excluding hydrogens is 228 g/mol. The van der Waals surface area contributed by atoms with E-state index in [1.54, 1.807) is 7.11 Å². The molecule has 0 amide bonds. The van der Waals surface area contributed by atoms with Gasteiger partial charge < -0.3 is 14.8 Å². The van der Waals surface area contributed by atoms with Crippen molar-refractivity contribution < 1.29 is 9.47 Å². The van der Waals surface area contributed by atoms with Gasteiger partial charge in [0.05, 0.1) is 20.3 Å². The first kappa shape index (κ1) is 13.3. The first-order valence-corrected chi connectivity index (χ1v) is 6.52. The van der Waals surface area contributed by atoms with Crippen molar-refractivity contribution in [2.45, 2.75) is 6.54 Å². The number of ether oxygens (including phenoxy) is 2. The van der Waals surface area contributed by atoms with Crippen molar-refractivity contribution in [1.29, 1.82) is 0 Å². The van der Waals surface area contributed by atoms with Crippen molar-refractivity contribution in [1.82, 2.24) is 10.2 Å². The van der Waals surface area contributed by atoms with Gasteiger partial charge in [0, 0.05) is 32.7 Å². The molecule has 1 aliphatic heterocycles. The molecule has 0 unspecified atom stereocenters. The highest BCUT2D eigenvalue weighted by molar-refractivity contribution is 5.28. The highest BCUT2D eigenvalue weighted by Gasteiger charge is 2.08. The molecule has 4 heteroatoms. The summed E-state index contributed by atoms with van der Waals surface area (Å²) in [5, 5.41) is 3.46. The average molecular weight is 250 g/mol. The summed E-state index contributed by atoms with van der Waals surface area (Å²) in [6, 6.07) is 8.18. The van der Waals surface area contributed by atoms with Crippen molar-refractivity contribution in [3.05, 3.63) is 29.8 Å². The Balaban J connectivity index is 1.65. The Kier molecular flexibility index (Phi) is 5.45. The Labute approximate surface area is 109 Å². The predicted molar refractivity (Wildman–Crippen MR) is 72.0 cm³/mol. The molecule has 1 heterocycles. The van der Waals surface area contributed by atoms with Crippen molar-refractivity contribution in [2.75, 3.05) is 46.5 Å². The molecule has 0 aliphatic carbocycles. The zero-order chi connectivity index (χ0) is 12.6. The Hall–Kier alpha value is -1.10. The van der Waals surface area contributed by atoms with Crippen molar-refractivity contribution in [2.24, 2.45) is 0 Å². The molecule has 0 saturated carbocycles. The minimum Gasteiger partial charge on any atom is -0.497 e. The van der Waals surface area contributed by atoms with Crippen LogP contribution in [0.2, 0.25) is 0 Å². The summed E-state index contributed by atoms with van der Waals surface area (Å²) in [5.74, 6) is 0.919. The summed E-state index contributed by atoms with van der Waals surface area (Å²) in [5.41, 5.74) is 1.26. The zero-order valence-corrected chi connectivity index (χ0v) is 11.0. The molecule has 0 radical (unpaired) electrons. The summed E-state index contributed by atoms with van der Waals surface area (Å²) >= 11 is 0. The van der Waals surface area contributed by atoms with Crippen LogP contribution in [0.15, 0.2) is 24.3 Å². The van der Waals surface area contributed by atoms with Crippen LogP contribution in [0.25, 0.3) is 0 Å². The lowest BCUT2D eigenvalue weighted by atomic mass is 10.2. The van der Waals surface area contributed by atoms with Gasteiger partial charge in [0.25, 0.3) is 0 Å². The molecule has 1 saturated heterocycles. The van der Waals surface area contributed by atoms with E-state index in [4.69, 9.17) is 9.47 Å². The minimum atomic E-state index is 0.871. The lowest BCUT2D eigenvalue weighted by Gasteiger charge is -2.26. The summed E-state index contributed by atoms with van der Waals surface area (Å²) < 4.78 is 10.5. The standard InChI is InChI=1S/C14H22N2O2/c1-17-14-4-2-3-13(11-14)12-15-5-6-16-7-9-18-10-8-16/h2-4,11,15H,5-10,12H2,1H3. The lowest BCUT2D eigenvalue weighted by molar-refractivity contribution is 0.0384. The molecule has 0 bridgehead atoms. The van der Waals surface area contributed by atoms with Crippen LogP contribution in [-0.2, 0) is 11.3 Å². The van der Waals surface area contributed by atoms with Gasteiger partial charge in [-0.25, -0.2) is 0 Å². The molecule has 18 heavy (non-hydrogen) atoms. The van der Waals surface area contributed by atoms with Gasteiger partial charge in [-0.3, -0.25) is 4.90 Å². The molecule has 1 aromatic rings. The second-order valence-corrected chi connectivity index (χ2v) is 4.48. The smallest absolute Gasteiger partial charge is 0.119 e. The first-order chi connectivity index (χ1) is 8.88. The average Bonchev–Trinajstić information content (AvgIpc) is 2.45. The Morgan fingerprint density at radius 3 is 2.94 bits per heavy atom. The van der Waals surface area contributed by atoms with E-state index in [-0.39, 0.29) is 0 Å². The van der Waals surface area contributed by atoms with Gasteiger partial charge in [-0.2, -0.15) is 0 Å². The summed E-state index contributed by atoms with van der Waals surface area (Å²) in [6.45, 7) is 6.85. The molecule has 1 fully saturated rings. The fourth-order valence-electron chi connectivity index (χ4n) is 2.08. The molecule has 1 aliphatic rings. The van der Waals surface area contributed by atoms with E-state index < -0.39 is 0 Å². The third kappa shape index (κ3) is 4.29. The van der Waals surface area contributed by atoms with Crippen LogP contribution in [0.5, 0.6) is 5.75 Å². The molecule has 1 N–H and O–H groups in total. The van der Waals surface area contributed by atoms with Crippen LogP contribution in [0.1, 0.15) is 5.56 Å². The maximum atomic E-state index is 5.32. The second-order valence-electron chi connectivity index (χ2n) is 4.48. The predicted octanol–water partition coefficient (Wildman–Crippen LogP) is 1.12. The van der Waals surface area contributed by atoms with Crippen LogP contribution in [-0.4, -0.2) is 51.4 Å². The van der Waals surface area contributed by atoms with Gasteiger partial charge in [0.2, 0.25) is 0 Å². The van der Waals surface area contributed by atoms with E-state index in [1.807, 2.05) is 12.1 Å². The summed E-state index contributed by atoms with van der Waals surface area (Å²) in [4.78, 5) is 2.43. The van der Waals surface area contributed by atoms with Crippen LogP contribution < -0.4 is 10.1 Å². The molecule has 1 aromatic carbocycles. The Morgan fingerprint density at radius 1 is 1.33 bits per heavy atom. The summed E-state index contributed by atoms with van der Waals surface area (Å²) in [7, 11) is 1.70. The van der Waals surface area contributed by atoms with Crippen molar-refractivity contribution in [3.63, 3.8) is 0 Å². The van der Waals surface area contributed by atoms with Crippen molar-refractivity contribution >= 4 is 0 Å². The van der Waals surface area contributed by atoms with Crippen LogP contribution in [0, 0.1) is 0 Å². The van der Waals surface area contributed by atoms with E-state index in [0.717, 1.165) is 51.7 Å². The van der Waals surface area contributed by atoms with E-state index in [0.29, 0.717) is 0 Å². The van der Waals surface area contributed by atoms with Crippen molar-refractivity contribution in [3.8, 4) is 5.75 Å². The number of rotatable bonds is 6. The summed E-state index contributed by atoms with van der Waals surface area (Å²) in [6.07, 6.45) is 0. The molecule has 0 atom stereocenters. The highest BCUT2D eigenvalue weighted by Crippen LogP contribution is 2.11. The SMILES string of the molecule is COc1cccc(CNCCN2CCOCC2)c1. The van der Waals surface area contributed by atoms with E-state index in [1.165, 1.54) is 5.56 Å². The number of morpholine rings is 1. The molecule has 0 spiro atoms. The van der Waals surface area contributed by atoms with Gasteiger partial charge >= 0.3 is 0 Å². The maximum absolute atomic E-state index is 5.32. The number of hydrogen-bond donors (Lipinski definition) is 1. The van der Waals surface area contributed by atoms with Gasteiger partial charge in [-0.1, -0.05) is 12.1 Å². The van der Waals surface area contributed by atoms with Crippen LogP contribution in [0.4, 0.5) is 0 Å². The fraction of sp³-hybridized carbons (Fsp3) is 0.571. The van der Waals surface area contributed by atoms with E-state index in [2.05, 4.69) is 22.3 Å². The third-order valence-corrected chi connectivity index (χ3v) is 3.17. The second kappa shape index (κ2) is 7.36. The zero-order valence-electron chi connectivity index (χ0n) is 11.0. The lowest BCUT2D eigenvalue weighted by Crippen LogP contribution is -2.40. The minimum absolute atomic E-state index is 0.871. The number of nitrogens with one attached hydrogen (secondary N) is 1. The van der Waals surface area contributed by atoms with Crippen LogP contribution in [0.3, 0.4) is 0 Å². The van der Waals surface area contributed by atoms with E-state index in [9.17, 15) is 0 Å². The molecule has 0 aromatic heterocycles. The topological polar surface area (TPSA) is 33.7 Å². The number of hydrogen-bond acceptors (Lipinski definition) is 4. The van der Waals surface area contributed by atoms with E-state index >= 15 is 0 Å². The third-order valence-electron chi connectivity index (χ3n) is 3.17. The Bertz CT molecular complexity index is 351. The van der Waals surface area contributed by atoms with Crippen LogP contribution >= 0.6 is 0 Å². The number of methoxy groups -OCH3 is 1. The quantitative estimate of drug-likeness (QED) is 0.767. The Morgan fingerprint density at radius 2 is 2.17 bits per heavy atom. The number of benzene rings is 1. The molecule has 4 nitrogen and oxygen atoms in total. The van der Waals surface area contributed by atoms with Gasteiger partial charge in [-0.05, 0) is 17.7 Å². The van der Waals surface area contributed by atoms with Gasteiger partial charge in [0.15, 0.2) is 0 Å². The van der Waals surface area contributed by atoms with Gasteiger partial charge in [-0.15, -0.1) is 0 Å². The number of nitrogens with zero attached hydrogens (tertiary/aromatic N) is 1. The maximum Gasteiger partial charge on any atom is 0.119 e. The largest absolute Gasteiger partial charge is 0.497 e. The highest BCUT2D eigenvalue weighted by atomic mass is 16.5. The van der Waals surface area contributed by atoms with Gasteiger partial charge in [0.1, 0.15) is 5.75 Å². The molecular formula is C14H22N2O2. The molecule has 100 valence electrons. The fourth-order valence-corrected chi connectivity index (χ4v) is 2.08. The first-order valence-electron chi connectivity index (χ1n) is 6.52.